The molecule has 0 aliphatic carbocycles. The van der Waals surface area contributed by atoms with Crippen LogP contribution in [0.25, 0.3) is 11.7 Å². The fraction of sp³-hybridized carbons (Fsp3) is 0.148. The molecule has 1 aliphatic rings. The SMILES string of the molecule is COc1ccc(C=C2N=C(SCc3cn4cccc(C)c4n3)N(c3cccc(OC)c3)C2=O)cc1. The first kappa shape index (κ1) is 22.7. The average molecular weight is 485 g/mol. The highest BCUT2D eigenvalue weighted by molar-refractivity contribution is 8.13. The number of fused-ring (bicyclic) bond motifs is 1. The number of hydrogen-bond acceptors (Lipinski definition) is 6. The van der Waals surface area contributed by atoms with Gasteiger partial charge in [-0.15, -0.1) is 0 Å². The monoisotopic (exact) mass is 484 g/mol. The van der Waals surface area contributed by atoms with Gasteiger partial charge in [0.25, 0.3) is 5.91 Å². The Morgan fingerprint density at radius 3 is 2.54 bits per heavy atom. The van der Waals surface area contributed by atoms with E-state index < -0.39 is 0 Å². The molecule has 176 valence electrons. The van der Waals surface area contributed by atoms with Crippen LogP contribution >= 0.6 is 11.8 Å². The van der Waals surface area contributed by atoms with Crippen molar-refractivity contribution in [3.8, 4) is 11.5 Å². The molecule has 0 saturated carbocycles. The lowest BCUT2D eigenvalue weighted by Crippen LogP contribution is -2.30. The van der Waals surface area contributed by atoms with E-state index in [1.165, 1.54) is 11.8 Å². The van der Waals surface area contributed by atoms with Crippen LogP contribution in [0.4, 0.5) is 5.69 Å². The number of rotatable bonds is 6. The van der Waals surface area contributed by atoms with Gasteiger partial charge in [0.1, 0.15) is 22.8 Å². The maximum atomic E-state index is 13.5. The number of ether oxygens (including phenoxy) is 2. The molecule has 8 heteroatoms. The van der Waals surface area contributed by atoms with Crippen LogP contribution in [0.3, 0.4) is 0 Å². The fourth-order valence-electron chi connectivity index (χ4n) is 3.84. The van der Waals surface area contributed by atoms with Crippen molar-refractivity contribution in [2.75, 3.05) is 19.1 Å². The van der Waals surface area contributed by atoms with Gasteiger partial charge in [-0.3, -0.25) is 9.69 Å². The molecule has 2 aromatic heterocycles. The molecule has 0 bridgehead atoms. The molecule has 0 N–H and O–H groups in total. The quantitative estimate of drug-likeness (QED) is 0.346. The second kappa shape index (κ2) is 9.68. The zero-order valence-electron chi connectivity index (χ0n) is 19.6. The molecule has 1 aliphatic heterocycles. The number of carbonyl (C=O) groups is 1. The summed E-state index contributed by atoms with van der Waals surface area (Å²) in [7, 11) is 3.23. The van der Waals surface area contributed by atoms with E-state index in [9.17, 15) is 4.79 Å². The Bertz CT molecular complexity index is 1460. The fourth-order valence-corrected chi connectivity index (χ4v) is 4.74. The number of benzene rings is 2. The van der Waals surface area contributed by atoms with Crippen LogP contribution in [0, 0.1) is 6.92 Å². The molecule has 0 fully saturated rings. The lowest BCUT2D eigenvalue weighted by molar-refractivity contribution is -0.113. The molecular weight excluding hydrogens is 460 g/mol. The largest absolute Gasteiger partial charge is 0.497 e. The summed E-state index contributed by atoms with van der Waals surface area (Å²) in [6.45, 7) is 2.04. The number of aliphatic imine (C=N–C) groups is 1. The molecule has 2 aromatic carbocycles. The van der Waals surface area contributed by atoms with Crippen LogP contribution < -0.4 is 14.4 Å². The van der Waals surface area contributed by atoms with E-state index in [2.05, 4.69) is 0 Å². The van der Waals surface area contributed by atoms with Crippen molar-refractivity contribution in [1.29, 1.82) is 0 Å². The molecular formula is C27H24N4O3S. The van der Waals surface area contributed by atoms with Gasteiger partial charge in [-0.1, -0.05) is 36.0 Å². The van der Waals surface area contributed by atoms with Crippen molar-refractivity contribution in [2.24, 2.45) is 4.99 Å². The summed E-state index contributed by atoms with van der Waals surface area (Å²) < 4.78 is 12.6. The maximum Gasteiger partial charge on any atom is 0.283 e. The van der Waals surface area contributed by atoms with Gasteiger partial charge in [-0.25, -0.2) is 9.98 Å². The first-order valence-electron chi connectivity index (χ1n) is 11.0. The Kier molecular flexibility index (Phi) is 6.29. The normalized spacial score (nSPS) is 14.6. The number of imidazole rings is 1. The highest BCUT2D eigenvalue weighted by Gasteiger charge is 2.32. The third-order valence-electron chi connectivity index (χ3n) is 5.64. The molecule has 3 heterocycles. The number of methoxy groups -OCH3 is 2. The van der Waals surface area contributed by atoms with Crippen molar-refractivity contribution in [3.05, 3.63) is 95.6 Å². The summed E-state index contributed by atoms with van der Waals surface area (Å²) in [6.07, 6.45) is 5.78. The topological polar surface area (TPSA) is 68.4 Å². The molecule has 1 amide bonds. The van der Waals surface area contributed by atoms with E-state index >= 15 is 0 Å². The predicted octanol–water partition coefficient (Wildman–Crippen LogP) is 5.34. The lowest BCUT2D eigenvalue weighted by Gasteiger charge is -2.18. The Labute approximate surface area is 207 Å². The van der Waals surface area contributed by atoms with Crippen molar-refractivity contribution < 1.29 is 14.3 Å². The summed E-state index contributed by atoms with van der Waals surface area (Å²) in [5.41, 5.74) is 4.89. The van der Waals surface area contributed by atoms with E-state index in [-0.39, 0.29) is 5.91 Å². The summed E-state index contributed by atoms with van der Waals surface area (Å²) in [5.74, 6) is 1.81. The van der Waals surface area contributed by atoms with Crippen LogP contribution in [-0.4, -0.2) is 34.7 Å². The number of anilines is 1. The van der Waals surface area contributed by atoms with Crippen molar-refractivity contribution in [1.82, 2.24) is 9.38 Å². The van der Waals surface area contributed by atoms with Crippen LogP contribution in [0.1, 0.15) is 16.8 Å². The Morgan fingerprint density at radius 1 is 1.00 bits per heavy atom. The van der Waals surface area contributed by atoms with E-state index in [1.54, 1.807) is 25.2 Å². The highest BCUT2D eigenvalue weighted by atomic mass is 32.2. The third kappa shape index (κ3) is 4.65. The van der Waals surface area contributed by atoms with Crippen LogP contribution in [0.15, 0.2) is 83.7 Å². The number of aromatic nitrogens is 2. The third-order valence-corrected chi connectivity index (χ3v) is 6.61. The molecule has 0 radical (unpaired) electrons. The Morgan fingerprint density at radius 2 is 1.80 bits per heavy atom. The second-order valence-electron chi connectivity index (χ2n) is 7.98. The van der Waals surface area contributed by atoms with Crippen molar-refractivity contribution in [2.45, 2.75) is 12.7 Å². The van der Waals surface area contributed by atoms with Gasteiger partial charge in [0.2, 0.25) is 0 Å². The molecule has 0 atom stereocenters. The first-order valence-corrected chi connectivity index (χ1v) is 12.0. The number of amidine groups is 1. The van der Waals surface area contributed by atoms with Gasteiger partial charge in [-0.05, 0) is 54.5 Å². The minimum absolute atomic E-state index is 0.192. The van der Waals surface area contributed by atoms with E-state index in [0.717, 1.165) is 28.2 Å². The number of aryl methyl sites for hydroxylation is 1. The molecule has 5 rings (SSSR count). The van der Waals surface area contributed by atoms with E-state index in [0.29, 0.717) is 28.1 Å². The lowest BCUT2D eigenvalue weighted by atomic mass is 10.2. The maximum absolute atomic E-state index is 13.5. The molecule has 0 spiro atoms. The number of nitrogens with zero attached hydrogens (tertiary/aromatic N) is 4. The summed E-state index contributed by atoms with van der Waals surface area (Å²) in [4.78, 5) is 24.6. The number of carbonyl (C=O) groups excluding carboxylic acids is 1. The van der Waals surface area contributed by atoms with E-state index in [1.807, 2.05) is 84.4 Å². The predicted molar refractivity (Wildman–Crippen MR) is 140 cm³/mol. The number of thioether (sulfide) groups is 1. The minimum atomic E-state index is -0.192. The number of hydrogen-bond donors (Lipinski definition) is 0. The minimum Gasteiger partial charge on any atom is -0.497 e. The van der Waals surface area contributed by atoms with Gasteiger partial charge in [-0.2, -0.15) is 0 Å². The van der Waals surface area contributed by atoms with Crippen LogP contribution in [0.5, 0.6) is 11.5 Å². The standard InChI is InChI=1S/C27H24N4O3S/c1-18-6-5-13-30-16-20(28-25(18)30)17-35-27-29-24(14-19-9-11-22(33-2)12-10-19)26(32)31(27)21-7-4-8-23(15-21)34-3/h4-16H,17H2,1-3H3. The molecule has 7 nitrogen and oxygen atoms in total. The van der Waals surface area contributed by atoms with Crippen LogP contribution in [-0.2, 0) is 10.5 Å². The Balaban J connectivity index is 1.47. The molecule has 0 unspecified atom stereocenters. The summed E-state index contributed by atoms with van der Waals surface area (Å²) in [6, 6.07) is 19.0. The smallest absolute Gasteiger partial charge is 0.283 e. The van der Waals surface area contributed by atoms with Gasteiger partial charge in [0.05, 0.1) is 25.6 Å². The first-order chi connectivity index (χ1) is 17.1. The zero-order valence-corrected chi connectivity index (χ0v) is 20.5. The Hall–Kier alpha value is -4.04. The average Bonchev–Trinajstić information content (AvgIpc) is 3.44. The van der Waals surface area contributed by atoms with Gasteiger partial charge in [0, 0.05) is 24.2 Å². The molecule has 4 aromatic rings. The van der Waals surface area contributed by atoms with Gasteiger partial charge in [0.15, 0.2) is 5.17 Å². The van der Waals surface area contributed by atoms with Crippen molar-refractivity contribution >= 4 is 40.2 Å². The zero-order chi connectivity index (χ0) is 24.4. The number of amides is 1. The second-order valence-corrected chi connectivity index (χ2v) is 8.92. The van der Waals surface area contributed by atoms with Gasteiger partial charge >= 0.3 is 0 Å². The van der Waals surface area contributed by atoms with E-state index in [4.69, 9.17) is 19.5 Å². The summed E-state index contributed by atoms with van der Waals surface area (Å²) >= 11 is 1.48. The van der Waals surface area contributed by atoms with Crippen molar-refractivity contribution in [3.63, 3.8) is 0 Å². The van der Waals surface area contributed by atoms with Gasteiger partial charge < -0.3 is 13.9 Å². The number of pyridine rings is 1. The van der Waals surface area contributed by atoms with Crippen LogP contribution in [0.2, 0.25) is 0 Å². The molecule has 35 heavy (non-hydrogen) atoms. The summed E-state index contributed by atoms with van der Waals surface area (Å²) in [5, 5.41) is 0.594. The molecule has 0 saturated heterocycles. The highest BCUT2D eigenvalue weighted by Crippen LogP contribution is 2.32.